The molecular formula is C15H16F3NO3. The maximum absolute atomic E-state index is 13.7. The molecule has 1 aromatic carbocycles. The maximum atomic E-state index is 13.7. The summed E-state index contributed by atoms with van der Waals surface area (Å²) in [5.41, 5.74) is -0.163. The molecule has 0 aromatic heterocycles. The number of benzene rings is 1. The van der Waals surface area contributed by atoms with Gasteiger partial charge in [-0.3, -0.25) is 4.79 Å². The summed E-state index contributed by atoms with van der Waals surface area (Å²) in [6, 6.07) is 3.70. The van der Waals surface area contributed by atoms with Gasteiger partial charge < -0.3 is 10.4 Å². The fourth-order valence-electron chi connectivity index (χ4n) is 2.54. The fraction of sp³-hybridized carbons (Fsp3) is 0.467. The molecule has 0 heterocycles. The van der Waals surface area contributed by atoms with Gasteiger partial charge in [0.15, 0.2) is 6.04 Å². The molecule has 2 N–H and O–H groups in total. The zero-order chi connectivity index (χ0) is 16.3. The molecule has 22 heavy (non-hydrogen) atoms. The molecule has 1 saturated carbocycles. The smallest absolute Gasteiger partial charge is 0.331 e. The number of carboxylic acids is 1. The number of halogens is 3. The lowest BCUT2D eigenvalue weighted by Crippen LogP contribution is -2.40. The molecular weight excluding hydrogens is 299 g/mol. The van der Waals surface area contributed by atoms with E-state index in [2.05, 4.69) is 5.32 Å². The van der Waals surface area contributed by atoms with Gasteiger partial charge in [-0.05, 0) is 18.9 Å². The van der Waals surface area contributed by atoms with Crippen molar-refractivity contribution in [3.8, 4) is 0 Å². The lowest BCUT2D eigenvalue weighted by Gasteiger charge is -2.28. The third-order valence-electron chi connectivity index (χ3n) is 3.84. The Kier molecular flexibility index (Phi) is 4.73. The summed E-state index contributed by atoms with van der Waals surface area (Å²) >= 11 is 0. The van der Waals surface area contributed by atoms with Crippen LogP contribution in [0.4, 0.5) is 13.2 Å². The number of rotatable bonds is 4. The van der Waals surface area contributed by atoms with Gasteiger partial charge in [0.25, 0.3) is 0 Å². The second-order valence-electron chi connectivity index (χ2n) is 5.43. The summed E-state index contributed by atoms with van der Waals surface area (Å²) in [5, 5.41) is 11.4. The summed E-state index contributed by atoms with van der Waals surface area (Å²) in [5.74, 6) is -6.22. The van der Waals surface area contributed by atoms with E-state index in [4.69, 9.17) is 0 Å². The van der Waals surface area contributed by atoms with Crippen LogP contribution in [0.3, 0.4) is 0 Å². The normalized spacial score (nSPS) is 19.4. The highest BCUT2D eigenvalue weighted by Crippen LogP contribution is 2.36. The largest absolute Gasteiger partial charge is 0.479 e. The predicted octanol–water partition coefficient (Wildman–Crippen LogP) is 2.89. The highest BCUT2D eigenvalue weighted by Gasteiger charge is 2.38. The van der Waals surface area contributed by atoms with Crippen molar-refractivity contribution >= 4 is 11.9 Å². The van der Waals surface area contributed by atoms with Crippen molar-refractivity contribution in [2.45, 2.75) is 37.6 Å². The van der Waals surface area contributed by atoms with E-state index in [9.17, 15) is 27.9 Å². The van der Waals surface area contributed by atoms with Crippen molar-refractivity contribution in [3.05, 3.63) is 35.6 Å². The van der Waals surface area contributed by atoms with Crippen molar-refractivity contribution in [1.29, 1.82) is 0 Å². The number of nitrogens with one attached hydrogen (secondary N) is 1. The zero-order valence-electron chi connectivity index (χ0n) is 11.7. The van der Waals surface area contributed by atoms with Crippen LogP contribution in [0.25, 0.3) is 0 Å². The average molecular weight is 315 g/mol. The van der Waals surface area contributed by atoms with Crippen LogP contribution >= 0.6 is 0 Å². The number of alkyl halides is 2. The highest BCUT2D eigenvalue weighted by molar-refractivity contribution is 5.86. The molecule has 4 nitrogen and oxygen atoms in total. The molecule has 1 aromatic rings. The Bertz CT molecular complexity index is 567. The van der Waals surface area contributed by atoms with Crippen LogP contribution in [0.2, 0.25) is 0 Å². The third kappa shape index (κ3) is 3.78. The molecule has 1 aliphatic rings. The Hall–Kier alpha value is -2.05. The van der Waals surface area contributed by atoms with Crippen LogP contribution < -0.4 is 5.32 Å². The lowest BCUT2D eigenvalue weighted by atomic mass is 9.86. The molecule has 0 spiro atoms. The Morgan fingerprint density at radius 3 is 2.36 bits per heavy atom. The van der Waals surface area contributed by atoms with Crippen LogP contribution in [0, 0.1) is 11.7 Å². The van der Waals surface area contributed by atoms with Crippen LogP contribution in [0.1, 0.15) is 37.3 Å². The first kappa shape index (κ1) is 16.3. The van der Waals surface area contributed by atoms with Crippen molar-refractivity contribution in [2.24, 2.45) is 5.92 Å². The Balaban J connectivity index is 2.08. The van der Waals surface area contributed by atoms with Gasteiger partial charge >= 0.3 is 5.97 Å². The lowest BCUT2D eigenvalue weighted by molar-refractivity contribution is -0.143. The van der Waals surface area contributed by atoms with Gasteiger partial charge in [-0.1, -0.05) is 18.2 Å². The first-order valence-corrected chi connectivity index (χ1v) is 6.95. The molecule has 1 fully saturated rings. The molecule has 0 bridgehead atoms. The summed E-state index contributed by atoms with van der Waals surface area (Å²) in [7, 11) is 0. The minimum Gasteiger partial charge on any atom is -0.479 e. The molecule has 120 valence electrons. The van der Waals surface area contributed by atoms with Crippen molar-refractivity contribution < 1.29 is 27.9 Å². The molecule has 0 saturated heterocycles. The summed E-state index contributed by atoms with van der Waals surface area (Å²) < 4.78 is 39.8. The van der Waals surface area contributed by atoms with Gasteiger partial charge in [0.1, 0.15) is 5.82 Å². The highest BCUT2D eigenvalue weighted by atomic mass is 19.3. The number of carbonyl (C=O) groups excluding carboxylic acids is 1. The molecule has 1 aliphatic carbocycles. The number of carbonyl (C=O) groups is 2. The van der Waals surface area contributed by atoms with Crippen LogP contribution in [-0.2, 0) is 9.59 Å². The number of carboxylic acid groups (broad SMARTS) is 1. The van der Waals surface area contributed by atoms with Gasteiger partial charge in [0, 0.05) is 24.3 Å². The van der Waals surface area contributed by atoms with Gasteiger partial charge in [-0.15, -0.1) is 0 Å². The quantitative estimate of drug-likeness (QED) is 0.898. The van der Waals surface area contributed by atoms with Gasteiger partial charge in [-0.2, -0.15) is 0 Å². The fourth-order valence-corrected chi connectivity index (χ4v) is 2.54. The molecule has 0 aliphatic heterocycles. The minimum atomic E-state index is -2.77. The van der Waals surface area contributed by atoms with Crippen LogP contribution in [-0.4, -0.2) is 22.9 Å². The number of hydrogen-bond donors (Lipinski definition) is 2. The third-order valence-corrected chi connectivity index (χ3v) is 3.84. The second-order valence-corrected chi connectivity index (χ2v) is 5.43. The number of amides is 1. The number of hydrogen-bond acceptors (Lipinski definition) is 2. The molecule has 2 rings (SSSR count). The van der Waals surface area contributed by atoms with Gasteiger partial charge in [0.2, 0.25) is 11.8 Å². The van der Waals surface area contributed by atoms with E-state index in [1.165, 1.54) is 18.2 Å². The van der Waals surface area contributed by atoms with Crippen molar-refractivity contribution in [1.82, 2.24) is 5.32 Å². The SMILES string of the molecule is O=C(NC(C(=O)O)c1ccccc1F)C1CCC(F)(F)CC1. The average Bonchev–Trinajstić information content (AvgIpc) is 2.45. The first-order valence-electron chi connectivity index (χ1n) is 6.95. The molecule has 7 heteroatoms. The zero-order valence-corrected chi connectivity index (χ0v) is 11.7. The molecule has 0 radical (unpaired) electrons. The van der Waals surface area contributed by atoms with Gasteiger partial charge in [0.05, 0.1) is 0 Å². The first-order chi connectivity index (χ1) is 10.3. The monoisotopic (exact) mass is 315 g/mol. The molecule has 1 atom stereocenters. The van der Waals surface area contributed by atoms with E-state index in [0.29, 0.717) is 0 Å². The van der Waals surface area contributed by atoms with E-state index >= 15 is 0 Å². The minimum absolute atomic E-state index is 0.0115. The van der Waals surface area contributed by atoms with E-state index in [1.807, 2.05) is 0 Å². The Labute approximate surface area is 125 Å². The van der Waals surface area contributed by atoms with Crippen molar-refractivity contribution in [3.63, 3.8) is 0 Å². The van der Waals surface area contributed by atoms with E-state index in [1.54, 1.807) is 0 Å². The maximum Gasteiger partial charge on any atom is 0.331 e. The molecule has 1 unspecified atom stereocenters. The van der Waals surface area contributed by atoms with Gasteiger partial charge in [-0.25, -0.2) is 18.0 Å². The van der Waals surface area contributed by atoms with E-state index in [-0.39, 0.29) is 18.4 Å². The van der Waals surface area contributed by atoms with Crippen LogP contribution in [0.15, 0.2) is 24.3 Å². The second kappa shape index (κ2) is 6.37. The van der Waals surface area contributed by atoms with Crippen LogP contribution in [0.5, 0.6) is 0 Å². The summed E-state index contributed by atoms with van der Waals surface area (Å²) in [6.07, 6.45) is -0.823. The number of aliphatic carboxylic acids is 1. The predicted molar refractivity (Wildman–Crippen MR) is 71.8 cm³/mol. The Morgan fingerprint density at radius 2 is 1.82 bits per heavy atom. The Morgan fingerprint density at radius 1 is 1.23 bits per heavy atom. The van der Waals surface area contributed by atoms with E-state index in [0.717, 1.165) is 6.07 Å². The molecule has 1 amide bonds. The summed E-state index contributed by atoms with van der Waals surface area (Å²) in [4.78, 5) is 23.3. The summed E-state index contributed by atoms with van der Waals surface area (Å²) in [6.45, 7) is 0. The van der Waals surface area contributed by atoms with Crippen molar-refractivity contribution in [2.75, 3.05) is 0 Å². The standard InChI is InChI=1S/C15H16F3NO3/c16-11-4-2-1-3-10(11)12(14(21)22)19-13(20)9-5-7-15(17,18)8-6-9/h1-4,9,12H,5-8H2,(H,19,20)(H,21,22). The van der Waals surface area contributed by atoms with E-state index < -0.39 is 48.4 Å². The topological polar surface area (TPSA) is 66.4 Å².